The molecule has 0 spiro atoms. The smallest absolute Gasteiger partial charge is 0.339 e. The summed E-state index contributed by atoms with van der Waals surface area (Å²) in [7, 11) is 0. The number of hydrogen-bond acceptors (Lipinski definition) is 4. The summed E-state index contributed by atoms with van der Waals surface area (Å²) in [6, 6.07) is 0. The summed E-state index contributed by atoms with van der Waals surface area (Å²) in [5.41, 5.74) is 1.85. The van der Waals surface area contributed by atoms with E-state index in [1.807, 2.05) is 0 Å². The highest BCUT2D eigenvalue weighted by Gasteiger charge is 2.51. The van der Waals surface area contributed by atoms with Crippen LogP contribution in [-0.4, -0.2) is 28.4 Å². The summed E-state index contributed by atoms with van der Waals surface area (Å²) < 4.78 is 11.3. The van der Waals surface area contributed by atoms with E-state index < -0.39 is 5.60 Å². The molecule has 4 heteroatoms. The lowest BCUT2D eigenvalue weighted by Gasteiger charge is -2.20. The molecule has 1 saturated heterocycles. The van der Waals surface area contributed by atoms with Crippen molar-refractivity contribution in [2.75, 3.05) is 0 Å². The molecular weight excluding hydrogens is 304 g/mol. The van der Waals surface area contributed by atoms with Crippen molar-refractivity contribution in [1.29, 1.82) is 0 Å². The largest absolute Gasteiger partial charge is 0.423 e. The predicted molar refractivity (Wildman–Crippen MR) is 92.2 cm³/mol. The molecule has 0 aromatic carbocycles. The molecule has 3 rings (SSSR count). The Kier molecular flexibility index (Phi) is 4.47. The second-order valence-corrected chi connectivity index (χ2v) is 7.91. The van der Waals surface area contributed by atoms with Crippen LogP contribution in [0, 0.1) is 0 Å². The molecule has 4 nitrogen and oxygen atoms in total. The second kappa shape index (κ2) is 6.16. The van der Waals surface area contributed by atoms with Gasteiger partial charge in [-0.15, -0.1) is 0 Å². The van der Waals surface area contributed by atoms with E-state index in [4.69, 9.17) is 9.47 Å². The van der Waals surface area contributed by atoms with Crippen LogP contribution in [0.1, 0.15) is 66.2 Å². The summed E-state index contributed by atoms with van der Waals surface area (Å²) in [5, 5.41) is 10.7. The average molecular weight is 332 g/mol. The summed E-state index contributed by atoms with van der Waals surface area (Å²) in [4.78, 5) is 11.9. The number of carbonyl (C=O) groups is 1. The quantitative estimate of drug-likeness (QED) is 0.414. The fourth-order valence-corrected chi connectivity index (χ4v) is 3.66. The van der Waals surface area contributed by atoms with E-state index in [1.165, 1.54) is 5.57 Å². The lowest BCUT2D eigenvalue weighted by molar-refractivity contribution is -0.133. The zero-order chi connectivity index (χ0) is 17.5. The van der Waals surface area contributed by atoms with Gasteiger partial charge in [-0.1, -0.05) is 11.6 Å². The van der Waals surface area contributed by atoms with Gasteiger partial charge in [0.2, 0.25) is 0 Å². The minimum atomic E-state index is -1.01. The minimum Gasteiger partial charge on any atom is -0.423 e. The van der Waals surface area contributed by atoms with Crippen molar-refractivity contribution in [3.63, 3.8) is 0 Å². The average Bonchev–Trinajstić information content (AvgIpc) is 3.06. The number of epoxide rings is 1. The van der Waals surface area contributed by atoms with E-state index in [9.17, 15) is 9.90 Å². The number of hydrogen-bond donors (Lipinski definition) is 1. The molecule has 1 unspecified atom stereocenters. The third-order valence-corrected chi connectivity index (χ3v) is 5.55. The summed E-state index contributed by atoms with van der Waals surface area (Å²) >= 11 is 0. The molecule has 0 amide bonds. The Morgan fingerprint density at radius 2 is 1.96 bits per heavy atom. The molecule has 0 aromatic heterocycles. The Hall–Kier alpha value is -1.39. The van der Waals surface area contributed by atoms with Gasteiger partial charge >= 0.3 is 5.97 Å². The van der Waals surface area contributed by atoms with Gasteiger partial charge in [0, 0.05) is 11.1 Å². The molecule has 2 heterocycles. The highest BCUT2D eigenvalue weighted by atomic mass is 16.6. The van der Waals surface area contributed by atoms with E-state index >= 15 is 0 Å². The van der Waals surface area contributed by atoms with Crippen LogP contribution in [0.15, 0.2) is 34.6 Å². The van der Waals surface area contributed by atoms with Gasteiger partial charge in [0.05, 0.1) is 17.3 Å². The molecule has 0 saturated carbocycles. The first-order chi connectivity index (χ1) is 11.2. The van der Waals surface area contributed by atoms with E-state index in [0.29, 0.717) is 17.8 Å². The molecule has 1 aliphatic carbocycles. The lowest BCUT2D eigenvalue weighted by atomic mass is 9.90. The van der Waals surface area contributed by atoms with Gasteiger partial charge in [0.15, 0.2) is 0 Å². The van der Waals surface area contributed by atoms with Crippen LogP contribution in [0.5, 0.6) is 0 Å². The standard InChI is InChI=1S/C20H28O4/c1-13-6-5-10-20(4)17(24-20)9-11-19(3,22)12-16-15(8-7-13)14(2)18(21)23-16/h6,12,17,22H,5,7-11H2,1-4H3/b13-6+,16-12-/t17-,19+,20?/m0/s1. The van der Waals surface area contributed by atoms with Crippen LogP contribution in [-0.2, 0) is 14.3 Å². The maximum atomic E-state index is 11.9. The predicted octanol–water partition coefficient (Wildman–Crippen LogP) is 3.95. The Labute approximate surface area is 144 Å². The van der Waals surface area contributed by atoms with E-state index in [0.717, 1.165) is 37.7 Å². The molecule has 132 valence electrons. The molecular formula is C20H28O4. The summed E-state index contributed by atoms with van der Waals surface area (Å²) in [5.74, 6) is 0.239. The fourth-order valence-electron chi connectivity index (χ4n) is 3.66. The van der Waals surface area contributed by atoms with Crippen LogP contribution in [0.3, 0.4) is 0 Å². The van der Waals surface area contributed by atoms with Crippen molar-refractivity contribution >= 4 is 5.97 Å². The maximum absolute atomic E-state index is 11.9. The molecule has 3 aliphatic rings. The highest BCUT2D eigenvalue weighted by Crippen LogP contribution is 2.44. The molecule has 0 radical (unpaired) electrons. The Morgan fingerprint density at radius 3 is 2.71 bits per heavy atom. The molecule has 2 aliphatic heterocycles. The van der Waals surface area contributed by atoms with Crippen molar-refractivity contribution in [1.82, 2.24) is 0 Å². The van der Waals surface area contributed by atoms with Gasteiger partial charge in [-0.05, 0) is 72.3 Å². The van der Waals surface area contributed by atoms with Crippen LogP contribution in [0.4, 0.5) is 0 Å². The van der Waals surface area contributed by atoms with Gasteiger partial charge in [-0.2, -0.15) is 0 Å². The van der Waals surface area contributed by atoms with Crippen LogP contribution in [0.25, 0.3) is 0 Å². The maximum Gasteiger partial charge on any atom is 0.339 e. The number of rotatable bonds is 0. The number of fused-ring (bicyclic) bond motifs is 2. The number of carbonyl (C=O) groups excluding carboxylic acids is 1. The van der Waals surface area contributed by atoms with E-state index in [2.05, 4.69) is 19.9 Å². The molecule has 0 bridgehead atoms. The third-order valence-electron chi connectivity index (χ3n) is 5.55. The number of esters is 1. The van der Waals surface area contributed by atoms with Crippen molar-refractivity contribution in [3.05, 3.63) is 34.6 Å². The zero-order valence-electron chi connectivity index (χ0n) is 15.1. The first-order valence-corrected chi connectivity index (χ1v) is 8.91. The van der Waals surface area contributed by atoms with Crippen LogP contribution in [0.2, 0.25) is 0 Å². The molecule has 1 fully saturated rings. The highest BCUT2D eigenvalue weighted by molar-refractivity contribution is 5.93. The molecule has 3 atom stereocenters. The van der Waals surface area contributed by atoms with Gasteiger partial charge in [0.1, 0.15) is 5.76 Å². The Bertz CT molecular complexity index is 638. The SMILES string of the molecule is CC1=C2CC/C(C)=C/CCC3(C)O[C@H]3CC[C@@](C)(O)/C=C/2OC1=O. The first-order valence-electron chi connectivity index (χ1n) is 8.91. The fraction of sp³-hybridized carbons (Fsp3) is 0.650. The van der Waals surface area contributed by atoms with Crippen molar-refractivity contribution in [2.45, 2.75) is 83.5 Å². The van der Waals surface area contributed by atoms with E-state index in [1.54, 1.807) is 19.9 Å². The van der Waals surface area contributed by atoms with Crippen LogP contribution >= 0.6 is 0 Å². The molecule has 24 heavy (non-hydrogen) atoms. The second-order valence-electron chi connectivity index (χ2n) is 7.91. The Morgan fingerprint density at radius 1 is 1.21 bits per heavy atom. The number of aliphatic hydroxyl groups is 1. The van der Waals surface area contributed by atoms with Crippen molar-refractivity contribution < 1.29 is 19.4 Å². The topological polar surface area (TPSA) is 59.1 Å². The van der Waals surface area contributed by atoms with E-state index in [-0.39, 0.29) is 17.7 Å². The minimum absolute atomic E-state index is 0.0500. The zero-order valence-corrected chi connectivity index (χ0v) is 15.1. The van der Waals surface area contributed by atoms with Gasteiger partial charge in [-0.25, -0.2) is 4.79 Å². The normalized spacial score (nSPS) is 42.0. The molecule has 1 N–H and O–H groups in total. The number of allylic oxidation sites excluding steroid dienone is 3. The summed E-state index contributed by atoms with van der Waals surface area (Å²) in [6.45, 7) is 7.87. The number of ether oxygens (including phenoxy) is 2. The monoisotopic (exact) mass is 332 g/mol. The van der Waals surface area contributed by atoms with Crippen molar-refractivity contribution in [2.24, 2.45) is 0 Å². The third kappa shape index (κ3) is 3.65. The first kappa shape index (κ1) is 17.4. The van der Waals surface area contributed by atoms with Crippen LogP contribution < -0.4 is 0 Å². The summed E-state index contributed by atoms with van der Waals surface area (Å²) in [6.07, 6.45) is 9.28. The Balaban J connectivity index is 1.87. The molecule has 0 aromatic rings. The van der Waals surface area contributed by atoms with Gasteiger partial charge in [-0.3, -0.25) is 0 Å². The van der Waals surface area contributed by atoms with Gasteiger partial charge < -0.3 is 14.6 Å². The van der Waals surface area contributed by atoms with Crippen molar-refractivity contribution in [3.8, 4) is 0 Å². The van der Waals surface area contributed by atoms with Gasteiger partial charge in [0.25, 0.3) is 0 Å². The lowest BCUT2D eigenvalue weighted by Crippen LogP contribution is -2.23.